The van der Waals surface area contributed by atoms with E-state index in [1.165, 1.54) is 5.56 Å². The smallest absolute Gasteiger partial charge is 0.252 e. The lowest BCUT2D eigenvalue weighted by molar-refractivity contribution is 0.259. The molecule has 126 valence electrons. The summed E-state index contributed by atoms with van der Waals surface area (Å²) in [6.45, 7) is 7.10. The van der Waals surface area contributed by atoms with Gasteiger partial charge in [-0.3, -0.25) is 9.69 Å². The van der Waals surface area contributed by atoms with Gasteiger partial charge in [0.1, 0.15) is 0 Å². The maximum atomic E-state index is 12.3. The molecule has 0 spiro atoms. The van der Waals surface area contributed by atoms with E-state index in [-0.39, 0.29) is 11.5 Å². The van der Waals surface area contributed by atoms with E-state index in [0.717, 1.165) is 16.5 Å². The summed E-state index contributed by atoms with van der Waals surface area (Å²) in [7, 11) is 1.93. The Morgan fingerprint density at radius 2 is 2.04 bits per heavy atom. The van der Waals surface area contributed by atoms with E-state index in [1.54, 1.807) is 0 Å². The average Bonchev–Trinajstić information content (AvgIpc) is 2.97. The van der Waals surface area contributed by atoms with Crippen molar-refractivity contribution in [2.45, 2.75) is 39.8 Å². The first-order valence-corrected chi connectivity index (χ1v) is 8.06. The molecule has 6 heteroatoms. The maximum absolute atomic E-state index is 12.3. The number of nitrogens with zero attached hydrogens (tertiary/aromatic N) is 3. The lowest BCUT2D eigenvalue weighted by atomic mass is 10.1. The number of aromatic amines is 1. The van der Waals surface area contributed by atoms with Gasteiger partial charge < -0.3 is 9.51 Å². The monoisotopic (exact) mass is 326 g/mol. The van der Waals surface area contributed by atoms with Crippen LogP contribution in [0.4, 0.5) is 0 Å². The number of aryl methyl sites for hydroxylation is 1. The second-order valence-electron chi connectivity index (χ2n) is 6.59. The van der Waals surface area contributed by atoms with Crippen LogP contribution in [0.5, 0.6) is 0 Å². The minimum absolute atomic E-state index is 0.0633. The quantitative estimate of drug-likeness (QED) is 0.780. The molecule has 0 radical (unpaired) electrons. The van der Waals surface area contributed by atoms with E-state index in [9.17, 15) is 4.79 Å². The van der Waals surface area contributed by atoms with Gasteiger partial charge in [0, 0.05) is 23.5 Å². The third-order valence-electron chi connectivity index (χ3n) is 3.92. The number of benzene rings is 1. The zero-order chi connectivity index (χ0) is 17.3. The van der Waals surface area contributed by atoms with Gasteiger partial charge >= 0.3 is 0 Å². The van der Waals surface area contributed by atoms with Gasteiger partial charge in [-0.15, -0.1) is 0 Å². The minimum Gasteiger partial charge on any atom is -0.338 e. The lowest BCUT2D eigenvalue weighted by Crippen LogP contribution is -2.23. The molecule has 0 amide bonds. The van der Waals surface area contributed by atoms with E-state index >= 15 is 0 Å². The van der Waals surface area contributed by atoms with Crippen LogP contribution in [0, 0.1) is 6.92 Å². The number of aromatic nitrogens is 3. The molecule has 2 heterocycles. The van der Waals surface area contributed by atoms with Crippen molar-refractivity contribution in [2.24, 2.45) is 0 Å². The zero-order valence-electron chi connectivity index (χ0n) is 14.5. The van der Waals surface area contributed by atoms with Crippen molar-refractivity contribution in [3.8, 4) is 0 Å². The Morgan fingerprint density at radius 1 is 1.25 bits per heavy atom. The van der Waals surface area contributed by atoms with Gasteiger partial charge in [-0.05, 0) is 37.6 Å². The lowest BCUT2D eigenvalue weighted by Gasteiger charge is -2.14. The first-order valence-electron chi connectivity index (χ1n) is 8.06. The fourth-order valence-corrected chi connectivity index (χ4v) is 2.63. The maximum Gasteiger partial charge on any atom is 0.252 e. The summed E-state index contributed by atoms with van der Waals surface area (Å²) in [6, 6.07) is 7.95. The Kier molecular flexibility index (Phi) is 4.49. The number of nitrogens with one attached hydrogen (secondary N) is 1. The van der Waals surface area contributed by atoms with Crippen molar-refractivity contribution < 1.29 is 4.52 Å². The van der Waals surface area contributed by atoms with Crippen LogP contribution in [0.2, 0.25) is 0 Å². The number of hydrogen-bond donors (Lipinski definition) is 1. The molecule has 0 saturated carbocycles. The highest BCUT2D eigenvalue weighted by Crippen LogP contribution is 2.15. The van der Waals surface area contributed by atoms with Gasteiger partial charge in [0.05, 0.1) is 6.54 Å². The number of hydrogen-bond acceptors (Lipinski definition) is 5. The van der Waals surface area contributed by atoms with Crippen LogP contribution in [-0.4, -0.2) is 27.1 Å². The molecule has 0 aliphatic heterocycles. The first-order chi connectivity index (χ1) is 11.4. The Bertz CT molecular complexity index is 911. The molecule has 0 atom stereocenters. The molecule has 1 N–H and O–H groups in total. The van der Waals surface area contributed by atoms with Gasteiger partial charge in [-0.1, -0.05) is 30.6 Å². The van der Waals surface area contributed by atoms with E-state index in [2.05, 4.69) is 21.2 Å². The Morgan fingerprint density at radius 3 is 2.75 bits per heavy atom. The molecule has 0 unspecified atom stereocenters. The number of H-pyrrole nitrogens is 1. The van der Waals surface area contributed by atoms with Gasteiger partial charge in [0.15, 0.2) is 5.82 Å². The Labute approximate surface area is 140 Å². The van der Waals surface area contributed by atoms with Crippen LogP contribution in [0.1, 0.15) is 42.6 Å². The van der Waals surface area contributed by atoms with Gasteiger partial charge in [-0.2, -0.15) is 4.98 Å². The van der Waals surface area contributed by atoms with E-state index in [0.29, 0.717) is 24.8 Å². The molecule has 2 aromatic heterocycles. The van der Waals surface area contributed by atoms with Crippen molar-refractivity contribution in [3.63, 3.8) is 0 Å². The number of fused-ring (bicyclic) bond motifs is 1. The summed E-state index contributed by atoms with van der Waals surface area (Å²) in [6.07, 6.45) is 0. The summed E-state index contributed by atoms with van der Waals surface area (Å²) < 4.78 is 5.26. The largest absolute Gasteiger partial charge is 0.338 e. The molecular formula is C18H22N4O2. The highest BCUT2D eigenvalue weighted by atomic mass is 16.5. The highest BCUT2D eigenvalue weighted by molar-refractivity contribution is 5.79. The van der Waals surface area contributed by atoms with E-state index in [1.807, 2.05) is 50.9 Å². The SMILES string of the molecule is Cc1ccc2[nH]c(=O)c(CN(C)Cc3nc(C(C)C)no3)cc2c1. The van der Waals surface area contributed by atoms with Crippen LogP contribution >= 0.6 is 0 Å². The molecule has 6 nitrogen and oxygen atoms in total. The Balaban J connectivity index is 1.78. The van der Waals surface area contributed by atoms with Crippen molar-refractivity contribution in [3.05, 3.63) is 57.5 Å². The molecule has 0 saturated heterocycles. The predicted molar refractivity (Wildman–Crippen MR) is 92.9 cm³/mol. The fraction of sp³-hybridized carbons (Fsp3) is 0.389. The van der Waals surface area contributed by atoms with Crippen LogP contribution in [-0.2, 0) is 13.1 Å². The van der Waals surface area contributed by atoms with Gasteiger partial charge in [-0.25, -0.2) is 0 Å². The Hall–Kier alpha value is -2.47. The van der Waals surface area contributed by atoms with Crippen LogP contribution < -0.4 is 5.56 Å². The summed E-state index contributed by atoms with van der Waals surface area (Å²) in [4.78, 5) is 21.6. The van der Waals surface area contributed by atoms with Crippen LogP contribution in [0.25, 0.3) is 10.9 Å². The van der Waals surface area contributed by atoms with Crippen molar-refractivity contribution in [1.82, 2.24) is 20.0 Å². The second-order valence-corrected chi connectivity index (χ2v) is 6.59. The average molecular weight is 326 g/mol. The van der Waals surface area contributed by atoms with E-state index in [4.69, 9.17) is 4.52 Å². The summed E-state index contributed by atoms with van der Waals surface area (Å²) in [5, 5.41) is 5.00. The fourth-order valence-electron chi connectivity index (χ4n) is 2.63. The van der Waals surface area contributed by atoms with Crippen LogP contribution in [0.3, 0.4) is 0 Å². The van der Waals surface area contributed by atoms with E-state index < -0.39 is 0 Å². The third-order valence-corrected chi connectivity index (χ3v) is 3.92. The summed E-state index contributed by atoms with van der Waals surface area (Å²) >= 11 is 0. The number of pyridine rings is 1. The standard InChI is InChI=1S/C18H22N4O2/c1-11(2)17-20-16(24-21-17)10-22(4)9-14-8-13-7-12(3)5-6-15(13)19-18(14)23/h5-8,11H,9-10H2,1-4H3,(H,19,23). The molecule has 0 aliphatic rings. The predicted octanol–water partition coefficient (Wildman–Crippen LogP) is 2.97. The highest BCUT2D eigenvalue weighted by Gasteiger charge is 2.13. The van der Waals surface area contributed by atoms with Gasteiger partial charge in [0.25, 0.3) is 5.56 Å². The summed E-state index contributed by atoms with van der Waals surface area (Å²) in [5.74, 6) is 1.51. The van der Waals surface area contributed by atoms with Crippen molar-refractivity contribution in [1.29, 1.82) is 0 Å². The zero-order valence-corrected chi connectivity index (χ0v) is 14.5. The molecular weight excluding hydrogens is 304 g/mol. The molecule has 0 fully saturated rings. The normalized spacial score (nSPS) is 11.8. The van der Waals surface area contributed by atoms with Crippen molar-refractivity contribution in [2.75, 3.05) is 7.05 Å². The van der Waals surface area contributed by atoms with Crippen LogP contribution in [0.15, 0.2) is 33.6 Å². The second kappa shape index (κ2) is 6.57. The first kappa shape index (κ1) is 16.4. The molecule has 3 rings (SSSR count). The molecule has 1 aromatic carbocycles. The third kappa shape index (κ3) is 3.54. The number of rotatable bonds is 5. The van der Waals surface area contributed by atoms with Gasteiger partial charge in [0.2, 0.25) is 5.89 Å². The van der Waals surface area contributed by atoms with Crippen molar-refractivity contribution >= 4 is 10.9 Å². The molecule has 3 aromatic rings. The molecule has 0 aliphatic carbocycles. The minimum atomic E-state index is -0.0633. The molecule has 0 bridgehead atoms. The topological polar surface area (TPSA) is 75.0 Å². The molecule has 24 heavy (non-hydrogen) atoms. The summed E-state index contributed by atoms with van der Waals surface area (Å²) in [5.41, 5.74) is 2.68.